The Labute approximate surface area is 125 Å². The molecule has 0 amide bonds. The molecule has 21 heavy (non-hydrogen) atoms. The maximum absolute atomic E-state index is 9.75. The second-order valence-corrected chi connectivity index (χ2v) is 5.27. The lowest BCUT2D eigenvalue weighted by Gasteiger charge is -2.01. The van der Waals surface area contributed by atoms with Gasteiger partial charge in [0.2, 0.25) is 0 Å². The van der Waals surface area contributed by atoms with E-state index in [2.05, 4.69) is 42.4 Å². The molecule has 2 nitrogen and oxygen atoms in total. The standard InChI is InChI=1S/C14H27N2.BF4/c1-4-5-6-7-8-9-10-11-16-13-12-15(3)14(16)2;2-1(3,4)5/h12-13H,4-11H2,1-3H3;/q+1;-1. The average Bonchev–Trinajstić information content (AvgIpc) is 2.67. The summed E-state index contributed by atoms with van der Waals surface area (Å²) in [6.07, 6.45) is 14.0. The first-order valence-corrected chi connectivity index (χ1v) is 7.64. The van der Waals surface area contributed by atoms with E-state index in [1.807, 2.05) is 0 Å². The van der Waals surface area contributed by atoms with E-state index in [4.69, 9.17) is 0 Å². The fourth-order valence-electron chi connectivity index (χ4n) is 2.07. The Morgan fingerprint density at radius 2 is 1.48 bits per heavy atom. The Kier molecular flexibility index (Phi) is 10.2. The quantitative estimate of drug-likeness (QED) is 0.285. The van der Waals surface area contributed by atoms with E-state index in [1.54, 1.807) is 0 Å². The lowest BCUT2D eigenvalue weighted by atomic mass is 10.1. The molecule has 0 bridgehead atoms. The molecule has 124 valence electrons. The van der Waals surface area contributed by atoms with Crippen LogP contribution in [-0.2, 0) is 13.6 Å². The number of unbranched alkanes of at least 4 members (excludes halogenated alkanes) is 6. The highest BCUT2D eigenvalue weighted by Gasteiger charge is 2.20. The van der Waals surface area contributed by atoms with Crippen LogP contribution in [0.4, 0.5) is 17.3 Å². The van der Waals surface area contributed by atoms with Gasteiger partial charge in [-0.25, -0.2) is 9.13 Å². The monoisotopic (exact) mass is 310 g/mol. The minimum atomic E-state index is -6.00. The van der Waals surface area contributed by atoms with Gasteiger partial charge in [-0.2, -0.15) is 0 Å². The van der Waals surface area contributed by atoms with Gasteiger partial charge in [0, 0.05) is 6.92 Å². The van der Waals surface area contributed by atoms with Gasteiger partial charge in [0.25, 0.3) is 5.82 Å². The van der Waals surface area contributed by atoms with Gasteiger partial charge in [0.1, 0.15) is 12.4 Å². The van der Waals surface area contributed by atoms with Crippen LogP contribution in [0.1, 0.15) is 57.7 Å². The van der Waals surface area contributed by atoms with Crippen LogP contribution >= 0.6 is 0 Å². The van der Waals surface area contributed by atoms with Gasteiger partial charge in [-0.3, -0.25) is 0 Å². The molecular weight excluding hydrogens is 283 g/mol. The lowest BCUT2D eigenvalue weighted by molar-refractivity contribution is -0.677. The van der Waals surface area contributed by atoms with Gasteiger partial charge < -0.3 is 17.3 Å². The summed E-state index contributed by atoms with van der Waals surface area (Å²) in [5.74, 6) is 1.35. The summed E-state index contributed by atoms with van der Waals surface area (Å²) in [6, 6.07) is 0. The predicted molar refractivity (Wildman–Crippen MR) is 78.5 cm³/mol. The van der Waals surface area contributed by atoms with E-state index >= 15 is 0 Å². The van der Waals surface area contributed by atoms with Gasteiger partial charge >= 0.3 is 7.25 Å². The van der Waals surface area contributed by atoms with Gasteiger partial charge in [-0.1, -0.05) is 39.0 Å². The van der Waals surface area contributed by atoms with E-state index in [0.717, 1.165) is 0 Å². The van der Waals surface area contributed by atoms with Gasteiger partial charge in [-0.05, 0) is 12.8 Å². The third kappa shape index (κ3) is 12.4. The zero-order valence-electron chi connectivity index (χ0n) is 13.3. The summed E-state index contributed by atoms with van der Waals surface area (Å²) in [7, 11) is -3.89. The van der Waals surface area contributed by atoms with Crippen molar-refractivity contribution in [3.8, 4) is 0 Å². The zero-order valence-corrected chi connectivity index (χ0v) is 13.3. The number of hydrogen-bond acceptors (Lipinski definition) is 0. The molecule has 0 aliphatic heterocycles. The second-order valence-electron chi connectivity index (χ2n) is 5.27. The highest BCUT2D eigenvalue weighted by atomic mass is 19.5. The number of hydrogen-bond donors (Lipinski definition) is 0. The SMILES string of the molecule is CCCCCCCCCn1cc[n+](C)c1C.F[B-](F)(F)F. The lowest BCUT2D eigenvalue weighted by Crippen LogP contribution is -2.29. The Balaban J connectivity index is 0.000000690. The minimum absolute atomic E-state index is 1.18. The molecule has 0 spiro atoms. The van der Waals surface area contributed by atoms with Crippen molar-refractivity contribution in [1.82, 2.24) is 4.57 Å². The van der Waals surface area contributed by atoms with Crippen molar-refractivity contribution < 1.29 is 21.8 Å². The topological polar surface area (TPSA) is 8.81 Å². The van der Waals surface area contributed by atoms with Crippen LogP contribution in [0.2, 0.25) is 0 Å². The van der Waals surface area contributed by atoms with Crippen LogP contribution in [0, 0.1) is 6.92 Å². The van der Waals surface area contributed by atoms with E-state index in [0.29, 0.717) is 0 Å². The molecule has 0 aromatic carbocycles. The first kappa shape index (κ1) is 20.0. The molecule has 0 radical (unpaired) electrons. The summed E-state index contributed by atoms with van der Waals surface area (Å²) < 4.78 is 43.5. The van der Waals surface area contributed by atoms with Gasteiger partial charge in [0.05, 0.1) is 13.6 Å². The third-order valence-corrected chi connectivity index (χ3v) is 3.40. The fourth-order valence-corrected chi connectivity index (χ4v) is 2.07. The third-order valence-electron chi connectivity index (χ3n) is 3.40. The van der Waals surface area contributed by atoms with Crippen molar-refractivity contribution in [3.05, 3.63) is 18.2 Å². The number of aromatic nitrogens is 2. The molecule has 0 aliphatic rings. The van der Waals surface area contributed by atoms with Crippen LogP contribution in [0.25, 0.3) is 0 Å². The molecule has 0 fully saturated rings. The number of halogens is 4. The minimum Gasteiger partial charge on any atom is -0.418 e. The van der Waals surface area contributed by atoms with Crippen molar-refractivity contribution in [2.75, 3.05) is 0 Å². The van der Waals surface area contributed by atoms with Crippen LogP contribution in [0.5, 0.6) is 0 Å². The molecule has 7 heteroatoms. The number of aryl methyl sites for hydroxylation is 2. The summed E-state index contributed by atoms with van der Waals surface area (Å²) in [6.45, 7) is 5.64. The number of rotatable bonds is 8. The number of imidazole rings is 1. The molecular formula is C14H27BF4N2. The van der Waals surface area contributed by atoms with Gasteiger partial charge in [-0.15, -0.1) is 0 Å². The Hall–Kier alpha value is -1.01. The molecule has 1 heterocycles. The molecule has 0 atom stereocenters. The smallest absolute Gasteiger partial charge is 0.418 e. The van der Waals surface area contributed by atoms with Crippen LogP contribution in [-0.4, -0.2) is 11.8 Å². The van der Waals surface area contributed by atoms with E-state index in [-0.39, 0.29) is 0 Å². The Morgan fingerprint density at radius 1 is 1.00 bits per heavy atom. The second kappa shape index (κ2) is 10.7. The van der Waals surface area contributed by atoms with Crippen molar-refractivity contribution in [2.24, 2.45) is 7.05 Å². The van der Waals surface area contributed by atoms with E-state index < -0.39 is 7.25 Å². The van der Waals surface area contributed by atoms with Gasteiger partial charge in [0.15, 0.2) is 0 Å². The predicted octanol–water partition coefficient (Wildman–Crippen LogP) is 4.67. The molecule has 0 aliphatic carbocycles. The highest BCUT2D eigenvalue weighted by Crippen LogP contribution is 2.08. The Morgan fingerprint density at radius 3 is 1.90 bits per heavy atom. The largest absolute Gasteiger partial charge is 0.673 e. The summed E-state index contributed by atoms with van der Waals surface area (Å²) >= 11 is 0. The molecule has 0 saturated heterocycles. The maximum Gasteiger partial charge on any atom is 0.673 e. The molecule has 0 unspecified atom stereocenters. The first-order valence-electron chi connectivity index (χ1n) is 7.64. The fraction of sp³-hybridized carbons (Fsp3) is 0.786. The van der Waals surface area contributed by atoms with Crippen molar-refractivity contribution in [2.45, 2.75) is 65.3 Å². The van der Waals surface area contributed by atoms with Crippen LogP contribution in [0.3, 0.4) is 0 Å². The normalized spacial score (nSPS) is 11.2. The van der Waals surface area contributed by atoms with E-state index in [1.165, 1.54) is 57.3 Å². The average molecular weight is 310 g/mol. The molecule has 0 N–H and O–H groups in total. The summed E-state index contributed by atoms with van der Waals surface area (Å²) in [5.41, 5.74) is 0. The molecule has 1 aromatic heterocycles. The van der Waals surface area contributed by atoms with Crippen molar-refractivity contribution in [1.29, 1.82) is 0 Å². The summed E-state index contributed by atoms with van der Waals surface area (Å²) in [4.78, 5) is 0. The van der Waals surface area contributed by atoms with E-state index in [9.17, 15) is 17.3 Å². The molecule has 0 saturated carbocycles. The van der Waals surface area contributed by atoms with Crippen LogP contribution in [0.15, 0.2) is 12.4 Å². The summed E-state index contributed by atoms with van der Waals surface area (Å²) in [5, 5.41) is 0. The molecule has 1 aromatic rings. The molecule has 1 rings (SSSR count). The Bertz CT molecular complexity index is 372. The first-order chi connectivity index (χ1) is 9.75. The number of nitrogens with zero attached hydrogens (tertiary/aromatic N) is 2. The zero-order chi connectivity index (χ0) is 16.3. The maximum atomic E-state index is 9.75. The van der Waals surface area contributed by atoms with Crippen molar-refractivity contribution >= 4 is 7.25 Å². The van der Waals surface area contributed by atoms with Crippen molar-refractivity contribution in [3.63, 3.8) is 0 Å². The van der Waals surface area contributed by atoms with Crippen LogP contribution < -0.4 is 4.57 Å². The highest BCUT2D eigenvalue weighted by molar-refractivity contribution is 6.50.